The molecule has 6 heteroatoms. The molecule has 0 heterocycles. The lowest BCUT2D eigenvalue weighted by Gasteiger charge is -2.31. The standard InChI is InChI=1S/C30H40FNO4/c1-5-28(26-12-9-13-27(31)25(26)14-15-29(34)35-6-2)36-20-24(33)19-32-30(3,4)18-21-16-22-10-7-8-11-23(22)17-21/h7-15,21,24,28,32-33H,5-6,16-20H2,1-4H3/t24-,28-/m1/s1. The van der Waals surface area contributed by atoms with E-state index in [-0.39, 0.29) is 18.8 Å². The summed E-state index contributed by atoms with van der Waals surface area (Å²) in [5.74, 6) is -0.365. The van der Waals surface area contributed by atoms with Crippen molar-refractivity contribution in [3.05, 3.63) is 76.6 Å². The molecule has 196 valence electrons. The molecule has 2 atom stereocenters. The number of hydrogen-bond acceptors (Lipinski definition) is 5. The molecule has 0 aromatic heterocycles. The van der Waals surface area contributed by atoms with Gasteiger partial charge in [-0.2, -0.15) is 0 Å². The summed E-state index contributed by atoms with van der Waals surface area (Å²) in [4.78, 5) is 11.7. The van der Waals surface area contributed by atoms with Gasteiger partial charge in [0.1, 0.15) is 5.82 Å². The van der Waals surface area contributed by atoms with Crippen LogP contribution in [0.5, 0.6) is 0 Å². The molecule has 0 bridgehead atoms. The van der Waals surface area contributed by atoms with E-state index in [1.807, 2.05) is 6.92 Å². The molecule has 3 rings (SSSR count). The van der Waals surface area contributed by atoms with Crippen LogP contribution in [0.1, 0.15) is 68.9 Å². The molecule has 2 aromatic rings. The maximum absolute atomic E-state index is 14.6. The fourth-order valence-electron chi connectivity index (χ4n) is 5.05. The predicted molar refractivity (Wildman–Crippen MR) is 141 cm³/mol. The van der Waals surface area contributed by atoms with Crippen LogP contribution in [0.15, 0.2) is 48.5 Å². The minimum absolute atomic E-state index is 0.119. The van der Waals surface area contributed by atoms with Gasteiger partial charge in [0.2, 0.25) is 0 Å². The van der Waals surface area contributed by atoms with E-state index in [2.05, 4.69) is 43.4 Å². The summed E-state index contributed by atoms with van der Waals surface area (Å²) in [6.07, 6.45) is 5.35. The van der Waals surface area contributed by atoms with Crippen molar-refractivity contribution >= 4 is 12.0 Å². The van der Waals surface area contributed by atoms with Crippen LogP contribution in [0, 0.1) is 11.7 Å². The second kappa shape index (κ2) is 13.1. The highest BCUT2D eigenvalue weighted by Gasteiger charge is 2.28. The molecule has 1 aliphatic carbocycles. The van der Waals surface area contributed by atoms with Crippen molar-refractivity contribution in [2.24, 2.45) is 5.92 Å². The summed E-state index contributed by atoms with van der Waals surface area (Å²) >= 11 is 0. The number of nitrogens with one attached hydrogen (secondary N) is 1. The number of carbonyl (C=O) groups excluding carboxylic acids is 1. The van der Waals surface area contributed by atoms with E-state index in [0.717, 1.165) is 19.3 Å². The average Bonchev–Trinajstić information content (AvgIpc) is 3.24. The quantitative estimate of drug-likeness (QED) is 0.286. The van der Waals surface area contributed by atoms with Crippen molar-refractivity contribution in [3.8, 4) is 0 Å². The van der Waals surface area contributed by atoms with Crippen molar-refractivity contribution in [3.63, 3.8) is 0 Å². The van der Waals surface area contributed by atoms with Crippen LogP contribution in [0.2, 0.25) is 0 Å². The Morgan fingerprint density at radius 1 is 1.17 bits per heavy atom. The smallest absolute Gasteiger partial charge is 0.330 e. The molecule has 0 saturated heterocycles. The van der Waals surface area contributed by atoms with E-state index >= 15 is 0 Å². The second-order valence-electron chi connectivity index (χ2n) is 10.2. The average molecular weight is 498 g/mol. The molecule has 1 aliphatic rings. The highest BCUT2D eigenvalue weighted by Crippen LogP contribution is 2.32. The van der Waals surface area contributed by atoms with Crippen molar-refractivity contribution in [1.29, 1.82) is 0 Å². The minimum Gasteiger partial charge on any atom is -0.463 e. The summed E-state index contributed by atoms with van der Waals surface area (Å²) in [6, 6.07) is 13.4. The van der Waals surface area contributed by atoms with Crippen LogP contribution >= 0.6 is 0 Å². The molecular weight excluding hydrogens is 457 g/mol. The molecule has 2 N–H and O–H groups in total. The fourth-order valence-corrected chi connectivity index (χ4v) is 5.05. The lowest BCUT2D eigenvalue weighted by molar-refractivity contribution is -0.137. The van der Waals surface area contributed by atoms with Gasteiger partial charge in [0.05, 0.1) is 25.4 Å². The summed E-state index contributed by atoms with van der Waals surface area (Å²) in [7, 11) is 0. The van der Waals surface area contributed by atoms with Gasteiger partial charge in [-0.05, 0) is 81.2 Å². The molecule has 0 spiro atoms. The Bertz CT molecular complexity index is 1010. The van der Waals surface area contributed by atoms with Gasteiger partial charge in [0.25, 0.3) is 0 Å². The number of aliphatic hydroxyl groups excluding tert-OH is 1. The van der Waals surface area contributed by atoms with E-state index in [1.165, 1.54) is 29.3 Å². The maximum Gasteiger partial charge on any atom is 0.330 e. The lowest BCUT2D eigenvalue weighted by atomic mass is 9.88. The van der Waals surface area contributed by atoms with Gasteiger partial charge in [-0.3, -0.25) is 0 Å². The van der Waals surface area contributed by atoms with Gasteiger partial charge in [-0.15, -0.1) is 0 Å². The monoisotopic (exact) mass is 497 g/mol. The third kappa shape index (κ3) is 7.99. The lowest BCUT2D eigenvalue weighted by Crippen LogP contribution is -2.45. The largest absolute Gasteiger partial charge is 0.463 e. The maximum atomic E-state index is 14.6. The number of halogens is 1. The van der Waals surface area contributed by atoms with Crippen molar-refractivity contribution in [1.82, 2.24) is 5.32 Å². The normalized spacial score (nSPS) is 15.7. The Hall–Kier alpha value is -2.54. The first kappa shape index (κ1) is 28.0. The molecule has 0 saturated carbocycles. The number of rotatable bonds is 13. The van der Waals surface area contributed by atoms with Crippen molar-refractivity contribution < 1.29 is 23.8 Å². The third-order valence-electron chi connectivity index (χ3n) is 6.72. The Kier molecular flexibility index (Phi) is 10.2. The molecule has 0 aliphatic heterocycles. The predicted octanol–water partition coefficient (Wildman–Crippen LogP) is 5.40. The highest BCUT2D eigenvalue weighted by molar-refractivity contribution is 5.87. The summed E-state index contributed by atoms with van der Waals surface area (Å²) in [6.45, 7) is 8.79. The van der Waals surface area contributed by atoms with Crippen LogP contribution in [0.4, 0.5) is 4.39 Å². The van der Waals surface area contributed by atoms with Gasteiger partial charge >= 0.3 is 5.97 Å². The van der Waals surface area contributed by atoms with Crippen LogP contribution in [0.3, 0.4) is 0 Å². The third-order valence-corrected chi connectivity index (χ3v) is 6.72. The Balaban J connectivity index is 1.52. The molecule has 0 amide bonds. The first-order valence-electron chi connectivity index (χ1n) is 13.0. The number of β-amino-alcohol motifs (C(OH)–C–C–N with tert-alkyl or cyclic N) is 1. The van der Waals surface area contributed by atoms with Gasteiger partial charge in [0, 0.05) is 23.7 Å². The topological polar surface area (TPSA) is 67.8 Å². The van der Waals surface area contributed by atoms with Crippen molar-refractivity contribution in [2.45, 2.75) is 71.1 Å². The number of esters is 1. The number of carbonyl (C=O) groups is 1. The Morgan fingerprint density at radius 3 is 2.50 bits per heavy atom. The van der Waals surface area contributed by atoms with E-state index in [9.17, 15) is 14.3 Å². The van der Waals surface area contributed by atoms with Gasteiger partial charge in [-0.25, -0.2) is 9.18 Å². The summed E-state index contributed by atoms with van der Waals surface area (Å²) in [5.41, 5.74) is 3.71. The molecule has 36 heavy (non-hydrogen) atoms. The van der Waals surface area contributed by atoms with Gasteiger partial charge < -0.3 is 19.9 Å². The number of benzene rings is 2. The summed E-state index contributed by atoms with van der Waals surface area (Å²) in [5, 5.41) is 14.1. The first-order valence-corrected chi connectivity index (χ1v) is 13.0. The zero-order valence-electron chi connectivity index (χ0n) is 21.9. The molecule has 0 radical (unpaired) electrons. The number of hydrogen-bond donors (Lipinski definition) is 2. The summed E-state index contributed by atoms with van der Waals surface area (Å²) < 4.78 is 25.5. The SMILES string of the molecule is CCOC(=O)C=Cc1c(F)cccc1[C@@H](CC)OC[C@H](O)CNC(C)(C)CC1Cc2ccccc2C1. The van der Waals surface area contributed by atoms with Crippen LogP contribution in [-0.4, -0.2) is 42.5 Å². The zero-order valence-corrected chi connectivity index (χ0v) is 21.9. The fraction of sp³-hybridized carbons (Fsp3) is 0.500. The van der Waals surface area contributed by atoms with E-state index in [0.29, 0.717) is 30.0 Å². The van der Waals surface area contributed by atoms with Crippen molar-refractivity contribution in [2.75, 3.05) is 19.8 Å². The number of fused-ring (bicyclic) bond motifs is 1. The van der Waals surface area contributed by atoms with E-state index < -0.39 is 24.0 Å². The Morgan fingerprint density at radius 2 is 1.86 bits per heavy atom. The zero-order chi connectivity index (χ0) is 26.1. The van der Waals surface area contributed by atoms with Crippen LogP contribution < -0.4 is 5.32 Å². The van der Waals surface area contributed by atoms with E-state index in [1.54, 1.807) is 19.1 Å². The van der Waals surface area contributed by atoms with E-state index in [4.69, 9.17) is 9.47 Å². The molecular formula is C30H40FNO4. The van der Waals surface area contributed by atoms with Gasteiger partial charge in [-0.1, -0.05) is 43.3 Å². The molecule has 2 aromatic carbocycles. The Labute approximate surface area is 214 Å². The van der Waals surface area contributed by atoms with Crippen LogP contribution in [-0.2, 0) is 27.1 Å². The second-order valence-corrected chi connectivity index (χ2v) is 10.2. The van der Waals surface area contributed by atoms with Crippen LogP contribution in [0.25, 0.3) is 6.08 Å². The molecule has 0 fully saturated rings. The first-order chi connectivity index (χ1) is 17.2. The number of aliphatic hydroxyl groups is 1. The molecule has 5 nitrogen and oxygen atoms in total. The molecule has 0 unspecified atom stereocenters. The van der Waals surface area contributed by atoms with Gasteiger partial charge in [0.15, 0.2) is 0 Å². The highest BCUT2D eigenvalue weighted by atomic mass is 19.1. The number of ether oxygens (including phenoxy) is 2. The minimum atomic E-state index is -0.703.